The predicted molar refractivity (Wildman–Crippen MR) is 141 cm³/mol. The van der Waals surface area contributed by atoms with Gasteiger partial charge in [-0.25, -0.2) is 0 Å². The highest BCUT2D eigenvalue weighted by Crippen LogP contribution is 2.25. The highest BCUT2D eigenvalue weighted by atomic mass is 35.5. The average molecular weight is 482 g/mol. The van der Waals surface area contributed by atoms with Crippen LogP contribution in [0.2, 0.25) is 10.0 Å². The fourth-order valence-electron chi connectivity index (χ4n) is 2.73. The fraction of sp³-hybridized carbons (Fsp3) is 0.179. The van der Waals surface area contributed by atoms with Gasteiger partial charge in [-0.3, -0.25) is 4.79 Å². The van der Waals surface area contributed by atoms with Crippen molar-refractivity contribution in [1.82, 2.24) is 5.32 Å². The van der Waals surface area contributed by atoms with Gasteiger partial charge in [0.15, 0.2) is 5.78 Å². The Morgan fingerprint density at radius 2 is 1.36 bits per heavy atom. The second-order valence-electron chi connectivity index (χ2n) is 7.64. The fourth-order valence-corrected chi connectivity index (χ4v) is 3.03. The lowest BCUT2D eigenvalue weighted by Gasteiger charge is -2.14. The summed E-state index contributed by atoms with van der Waals surface area (Å²) in [6, 6.07) is 25.1. The molecule has 0 unspecified atom stereocenters. The van der Waals surface area contributed by atoms with E-state index >= 15 is 0 Å². The third kappa shape index (κ3) is 10.6. The van der Waals surface area contributed by atoms with E-state index in [-0.39, 0.29) is 5.78 Å². The molecule has 0 aliphatic rings. The normalized spacial score (nSPS) is 12.1. The smallest absolute Gasteiger partial charge is 0.178 e. The van der Waals surface area contributed by atoms with E-state index in [2.05, 4.69) is 5.32 Å². The van der Waals surface area contributed by atoms with Gasteiger partial charge in [0.25, 0.3) is 0 Å². The molecule has 5 heteroatoms. The van der Waals surface area contributed by atoms with Crippen molar-refractivity contribution in [1.29, 1.82) is 0 Å². The lowest BCUT2D eigenvalue weighted by molar-refractivity contribution is -0.110. The Labute approximate surface area is 206 Å². The van der Waals surface area contributed by atoms with Crippen LogP contribution in [0.3, 0.4) is 0 Å². The Morgan fingerprint density at radius 3 is 1.82 bits per heavy atom. The number of carbonyl (C=O) groups excluding carboxylic acids is 1. The second kappa shape index (κ2) is 14.5. The summed E-state index contributed by atoms with van der Waals surface area (Å²) in [6.07, 6.45) is 6.24. The molecule has 33 heavy (non-hydrogen) atoms. The molecule has 0 amide bonds. The number of carbonyl (C=O) groups is 1. The van der Waals surface area contributed by atoms with Crippen LogP contribution < -0.4 is 5.32 Å². The molecule has 3 aromatic rings. The Balaban J connectivity index is 0.000000238. The Hall–Kier alpha value is -2.69. The van der Waals surface area contributed by atoms with Crippen molar-refractivity contribution < 1.29 is 9.90 Å². The summed E-state index contributed by atoms with van der Waals surface area (Å²) in [5.41, 5.74) is 2.83. The molecule has 0 radical (unpaired) electrons. The van der Waals surface area contributed by atoms with Crippen LogP contribution in [-0.4, -0.2) is 23.5 Å². The number of allylic oxidation sites excluding steroid dienone is 2. The molecule has 0 heterocycles. The van der Waals surface area contributed by atoms with Gasteiger partial charge in [0, 0.05) is 12.6 Å². The monoisotopic (exact) mass is 481 g/mol. The molecule has 0 saturated heterocycles. The molecule has 3 rings (SSSR count). The first-order valence-electron chi connectivity index (χ1n) is 10.7. The van der Waals surface area contributed by atoms with Crippen LogP contribution >= 0.6 is 23.2 Å². The molecule has 0 aliphatic carbocycles. The zero-order chi connectivity index (χ0) is 24.1. The molecule has 0 fully saturated rings. The summed E-state index contributed by atoms with van der Waals surface area (Å²) in [5, 5.41) is 13.9. The van der Waals surface area contributed by atoms with E-state index < -0.39 is 6.10 Å². The Kier molecular flexibility index (Phi) is 11.6. The molecular formula is C28H29Cl2NO2. The molecule has 2 N–H and O–H groups in total. The van der Waals surface area contributed by atoms with Gasteiger partial charge in [-0.15, -0.1) is 0 Å². The standard InChI is InChI=1S/C17H14O.C11H15Cl2NO/c18-17(13-11-15-7-3-1-4-8-15)14-12-16-9-5-2-6-10-16;1-7(2)14-6-11(15)8-3-4-9(12)10(13)5-8/h1-14H;3-5,7,11,14-15H,6H2,1-2H3/t;11-/m.0/s1. The summed E-state index contributed by atoms with van der Waals surface area (Å²) in [4.78, 5) is 11.6. The van der Waals surface area contributed by atoms with Crippen molar-refractivity contribution in [2.75, 3.05) is 6.54 Å². The maximum absolute atomic E-state index is 11.6. The van der Waals surface area contributed by atoms with Gasteiger partial charge in [-0.2, -0.15) is 0 Å². The topological polar surface area (TPSA) is 49.3 Å². The van der Waals surface area contributed by atoms with Crippen LogP contribution in [-0.2, 0) is 4.79 Å². The quantitative estimate of drug-likeness (QED) is 0.340. The first-order valence-corrected chi connectivity index (χ1v) is 11.5. The highest BCUT2D eigenvalue weighted by Gasteiger charge is 2.09. The minimum absolute atomic E-state index is 0.0114. The number of aliphatic hydroxyl groups excluding tert-OH is 1. The van der Waals surface area contributed by atoms with Gasteiger partial charge in [0.2, 0.25) is 0 Å². The second-order valence-corrected chi connectivity index (χ2v) is 8.46. The first-order chi connectivity index (χ1) is 15.8. The van der Waals surface area contributed by atoms with Gasteiger partial charge in [0.05, 0.1) is 16.1 Å². The zero-order valence-corrected chi connectivity index (χ0v) is 20.3. The largest absolute Gasteiger partial charge is 0.387 e. The van der Waals surface area contributed by atoms with Crippen LogP contribution in [0.1, 0.15) is 36.6 Å². The van der Waals surface area contributed by atoms with Crippen molar-refractivity contribution in [3.8, 4) is 0 Å². The zero-order valence-electron chi connectivity index (χ0n) is 18.8. The van der Waals surface area contributed by atoms with Crippen molar-refractivity contribution >= 4 is 41.1 Å². The molecule has 0 saturated carbocycles. The molecule has 0 bridgehead atoms. The lowest BCUT2D eigenvalue weighted by atomic mass is 10.1. The summed E-state index contributed by atoms with van der Waals surface area (Å²) < 4.78 is 0. The van der Waals surface area contributed by atoms with E-state index in [1.54, 1.807) is 30.4 Å². The third-order valence-electron chi connectivity index (χ3n) is 4.53. The highest BCUT2D eigenvalue weighted by molar-refractivity contribution is 6.42. The summed E-state index contributed by atoms with van der Waals surface area (Å²) in [6.45, 7) is 4.57. The number of ketones is 1. The maximum Gasteiger partial charge on any atom is 0.178 e. The van der Waals surface area contributed by atoms with Crippen LogP contribution in [0.5, 0.6) is 0 Å². The average Bonchev–Trinajstić information content (AvgIpc) is 2.83. The molecular weight excluding hydrogens is 453 g/mol. The summed E-state index contributed by atoms with van der Waals surface area (Å²) in [7, 11) is 0. The van der Waals surface area contributed by atoms with Gasteiger partial charge >= 0.3 is 0 Å². The summed E-state index contributed by atoms with van der Waals surface area (Å²) in [5.74, 6) is -0.0114. The number of hydrogen-bond donors (Lipinski definition) is 2. The Bertz CT molecular complexity index is 997. The summed E-state index contributed by atoms with van der Waals surface area (Å²) >= 11 is 11.6. The van der Waals surface area contributed by atoms with Gasteiger partial charge < -0.3 is 10.4 Å². The van der Waals surface area contributed by atoms with Gasteiger partial charge in [-0.05, 0) is 41.0 Å². The molecule has 172 valence electrons. The van der Waals surface area contributed by atoms with Crippen LogP contribution in [0, 0.1) is 0 Å². The number of halogens is 2. The van der Waals surface area contributed by atoms with E-state index in [0.29, 0.717) is 22.6 Å². The van der Waals surface area contributed by atoms with E-state index in [0.717, 1.165) is 16.7 Å². The van der Waals surface area contributed by atoms with E-state index in [1.165, 1.54) is 0 Å². The number of nitrogens with one attached hydrogen (secondary N) is 1. The van der Waals surface area contributed by atoms with Gasteiger partial charge in [-0.1, -0.05) is 116 Å². The molecule has 0 aromatic heterocycles. The first kappa shape index (κ1) is 26.6. The predicted octanol–water partition coefficient (Wildman–Crippen LogP) is 7.01. The van der Waals surface area contributed by atoms with E-state index in [4.69, 9.17) is 23.2 Å². The molecule has 0 aliphatic heterocycles. The molecule has 3 aromatic carbocycles. The van der Waals surface area contributed by atoms with Crippen molar-refractivity contribution in [2.45, 2.75) is 26.0 Å². The molecule has 0 spiro atoms. The van der Waals surface area contributed by atoms with Crippen LogP contribution in [0.4, 0.5) is 0 Å². The van der Waals surface area contributed by atoms with Crippen molar-refractivity contribution in [3.05, 3.63) is 118 Å². The van der Waals surface area contributed by atoms with Crippen molar-refractivity contribution in [3.63, 3.8) is 0 Å². The number of rotatable bonds is 8. The van der Waals surface area contributed by atoms with E-state index in [1.807, 2.05) is 86.7 Å². The molecule has 1 atom stereocenters. The maximum atomic E-state index is 11.6. The molecule has 3 nitrogen and oxygen atoms in total. The SMILES string of the molecule is CC(C)NC[C@H](O)c1ccc(Cl)c(Cl)c1.O=C(C=Cc1ccccc1)C=Cc1ccccc1. The van der Waals surface area contributed by atoms with Crippen LogP contribution in [0.25, 0.3) is 12.2 Å². The van der Waals surface area contributed by atoms with Gasteiger partial charge in [0.1, 0.15) is 0 Å². The van der Waals surface area contributed by atoms with Crippen LogP contribution in [0.15, 0.2) is 91.0 Å². The lowest BCUT2D eigenvalue weighted by Crippen LogP contribution is -2.27. The number of benzene rings is 3. The third-order valence-corrected chi connectivity index (χ3v) is 5.27. The Morgan fingerprint density at radius 1 is 0.848 bits per heavy atom. The minimum atomic E-state index is -0.554. The number of hydrogen-bond acceptors (Lipinski definition) is 3. The number of aliphatic hydroxyl groups is 1. The van der Waals surface area contributed by atoms with Crippen molar-refractivity contribution in [2.24, 2.45) is 0 Å². The minimum Gasteiger partial charge on any atom is -0.387 e. The van der Waals surface area contributed by atoms with E-state index in [9.17, 15) is 9.90 Å².